The fourth-order valence-corrected chi connectivity index (χ4v) is 3.31. The third-order valence-electron chi connectivity index (χ3n) is 4.52. The number of amides is 1. The smallest absolute Gasteiger partial charge is 0.289 e. The van der Waals surface area contributed by atoms with Crippen molar-refractivity contribution < 1.29 is 13.9 Å². The summed E-state index contributed by atoms with van der Waals surface area (Å²) in [6.07, 6.45) is 1.74. The molecule has 3 aromatic rings. The van der Waals surface area contributed by atoms with Crippen LogP contribution in [0.2, 0.25) is 0 Å². The molecule has 1 amide bonds. The van der Waals surface area contributed by atoms with E-state index in [1.54, 1.807) is 30.3 Å². The average Bonchev–Trinajstić information content (AvgIpc) is 3.29. The fourth-order valence-electron chi connectivity index (χ4n) is 2.88. The lowest BCUT2D eigenvalue weighted by Crippen LogP contribution is -2.27. The average molecular weight is 446 g/mol. The number of halogens is 1. The molecule has 0 aliphatic carbocycles. The molecule has 3 rings (SSSR count). The molecule has 0 saturated heterocycles. The number of hydrogen-bond donors (Lipinski definition) is 0. The Morgan fingerprint density at radius 2 is 2.07 bits per heavy atom. The number of aromatic nitrogens is 2. The second-order valence-electron chi connectivity index (χ2n) is 6.74. The maximum Gasteiger partial charge on any atom is 0.289 e. The molecule has 0 unspecified atom stereocenters. The highest BCUT2D eigenvalue weighted by molar-refractivity contribution is 9.10. The topological polar surface area (TPSA) is 60.5 Å². The van der Waals surface area contributed by atoms with Gasteiger partial charge < -0.3 is 14.1 Å². The van der Waals surface area contributed by atoms with Crippen LogP contribution < -0.4 is 4.74 Å². The zero-order chi connectivity index (χ0) is 20.3. The molecule has 7 heteroatoms. The molecule has 0 atom stereocenters. The van der Waals surface area contributed by atoms with E-state index in [-0.39, 0.29) is 12.5 Å². The van der Waals surface area contributed by atoms with E-state index in [1.165, 1.54) is 0 Å². The third-order valence-corrected chi connectivity index (χ3v) is 5.18. The van der Waals surface area contributed by atoms with Crippen LogP contribution in [-0.4, -0.2) is 27.6 Å². The van der Waals surface area contributed by atoms with Crippen LogP contribution in [0.1, 0.15) is 40.1 Å². The SMILES string of the molecule is CCn1ncc(Br)c1CN(C)C(=O)c1ccc(COc2cc(C)ccc2C)o1. The van der Waals surface area contributed by atoms with Gasteiger partial charge in [0.25, 0.3) is 5.91 Å². The quantitative estimate of drug-likeness (QED) is 0.527. The summed E-state index contributed by atoms with van der Waals surface area (Å²) in [6, 6.07) is 9.53. The van der Waals surface area contributed by atoms with Gasteiger partial charge in [0.15, 0.2) is 5.76 Å². The molecule has 0 aliphatic rings. The third kappa shape index (κ3) is 4.47. The zero-order valence-corrected chi connectivity index (χ0v) is 18.1. The number of nitrogens with zero attached hydrogens (tertiary/aromatic N) is 3. The van der Waals surface area contributed by atoms with Gasteiger partial charge in [-0.2, -0.15) is 5.10 Å². The van der Waals surface area contributed by atoms with Crippen molar-refractivity contribution in [3.05, 3.63) is 69.3 Å². The van der Waals surface area contributed by atoms with Gasteiger partial charge in [-0.3, -0.25) is 9.48 Å². The molecule has 0 bridgehead atoms. The number of benzene rings is 1. The van der Waals surface area contributed by atoms with Gasteiger partial charge in [-0.1, -0.05) is 12.1 Å². The van der Waals surface area contributed by atoms with Gasteiger partial charge in [0.2, 0.25) is 0 Å². The molecule has 0 saturated carbocycles. The molecule has 0 radical (unpaired) electrons. The number of ether oxygens (including phenoxy) is 1. The Kier molecular flexibility index (Phi) is 6.24. The summed E-state index contributed by atoms with van der Waals surface area (Å²) in [5, 5.41) is 4.28. The van der Waals surface area contributed by atoms with Crippen molar-refractivity contribution in [2.75, 3.05) is 7.05 Å². The molecular weight excluding hydrogens is 422 g/mol. The monoisotopic (exact) mass is 445 g/mol. The van der Waals surface area contributed by atoms with Crippen LogP contribution in [0.4, 0.5) is 0 Å². The van der Waals surface area contributed by atoms with Crippen molar-refractivity contribution in [3.63, 3.8) is 0 Å². The maximum atomic E-state index is 12.7. The van der Waals surface area contributed by atoms with Gasteiger partial charge in [0, 0.05) is 13.6 Å². The number of carbonyl (C=O) groups excluding carboxylic acids is 1. The number of carbonyl (C=O) groups is 1. The van der Waals surface area contributed by atoms with Crippen LogP contribution in [0.3, 0.4) is 0 Å². The summed E-state index contributed by atoms with van der Waals surface area (Å²) in [5.41, 5.74) is 3.14. The Bertz CT molecular complexity index is 977. The molecule has 28 heavy (non-hydrogen) atoms. The summed E-state index contributed by atoms with van der Waals surface area (Å²) in [4.78, 5) is 14.3. The zero-order valence-electron chi connectivity index (χ0n) is 16.5. The summed E-state index contributed by atoms with van der Waals surface area (Å²) in [6.45, 7) is 7.48. The van der Waals surface area contributed by atoms with Crippen molar-refractivity contribution in [3.8, 4) is 5.75 Å². The lowest BCUT2D eigenvalue weighted by atomic mass is 10.1. The Hall–Kier alpha value is -2.54. The van der Waals surface area contributed by atoms with Crippen LogP contribution in [-0.2, 0) is 19.7 Å². The van der Waals surface area contributed by atoms with Crippen LogP contribution >= 0.6 is 15.9 Å². The van der Waals surface area contributed by atoms with E-state index in [9.17, 15) is 4.79 Å². The van der Waals surface area contributed by atoms with Crippen LogP contribution in [0.15, 0.2) is 45.4 Å². The molecule has 0 spiro atoms. The largest absolute Gasteiger partial charge is 0.485 e. The lowest BCUT2D eigenvalue weighted by molar-refractivity contribution is 0.0745. The molecule has 0 N–H and O–H groups in total. The molecule has 1 aromatic carbocycles. The summed E-state index contributed by atoms with van der Waals surface area (Å²) >= 11 is 3.49. The molecule has 2 aromatic heterocycles. The van der Waals surface area contributed by atoms with Gasteiger partial charge in [0.05, 0.1) is 22.9 Å². The van der Waals surface area contributed by atoms with Gasteiger partial charge in [-0.25, -0.2) is 0 Å². The molecular formula is C21H24BrN3O3. The summed E-state index contributed by atoms with van der Waals surface area (Å²) in [7, 11) is 1.75. The number of furan rings is 1. The number of aryl methyl sites for hydroxylation is 3. The summed E-state index contributed by atoms with van der Waals surface area (Å²) in [5.74, 6) is 1.53. The first-order valence-corrected chi connectivity index (χ1v) is 9.92. The molecule has 0 aliphatic heterocycles. The maximum absolute atomic E-state index is 12.7. The van der Waals surface area contributed by atoms with Gasteiger partial charge in [0.1, 0.15) is 18.1 Å². The van der Waals surface area contributed by atoms with E-state index in [1.807, 2.05) is 43.7 Å². The van der Waals surface area contributed by atoms with Gasteiger partial charge >= 0.3 is 0 Å². The van der Waals surface area contributed by atoms with Crippen LogP contribution in [0, 0.1) is 13.8 Å². The van der Waals surface area contributed by atoms with E-state index in [2.05, 4.69) is 21.0 Å². The van der Waals surface area contributed by atoms with Gasteiger partial charge in [-0.05, 0) is 66.0 Å². The molecule has 6 nitrogen and oxygen atoms in total. The minimum atomic E-state index is -0.186. The van der Waals surface area contributed by atoms with Crippen molar-refractivity contribution >= 4 is 21.8 Å². The van der Waals surface area contributed by atoms with Crippen molar-refractivity contribution in [1.29, 1.82) is 0 Å². The predicted molar refractivity (Wildman–Crippen MR) is 110 cm³/mol. The highest BCUT2D eigenvalue weighted by atomic mass is 79.9. The minimum Gasteiger partial charge on any atom is -0.485 e. The van der Waals surface area contributed by atoms with E-state index >= 15 is 0 Å². The highest BCUT2D eigenvalue weighted by Crippen LogP contribution is 2.22. The van der Waals surface area contributed by atoms with Crippen molar-refractivity contribution in [2.45, 2.75) is 40.5 Å². The van der Waals surface area contributed by atoms with E-state index in [0.717, 1.165) is 33.6 Å². The minimum absolute atomic E-state index is 0.186. The molecule has 148 valence electrons. The first kappa shape index (κ1) is 20.2. The number of rotatable bonds is 7. The second kappa shape index (κ2) is 8.65. The van der Waals surface area contributed by atoms with Crippen molar-refractivity contribution in [1.82, 2.24) is 14.7 Å². The lowest BCUT2D eigenvalue weighted by Gasteiger charge is -2.17. The Balaban J connectivity index is 1.64. The first-order chi connectivity index (χ1) is 13.4. The van der Waals surface area contributed by atoms with E-state index in [4.69, 9.17) is 9.15 Å². The highest BCUT2D eigenvalue weighted by Gasteiger charge is 2.19. The normalized spacial score (nSPS) is 10.9. The first-order valence-electron chi connectivity index (χ1n) is 9.13. The Morgan fingerprint density at radius 3 is 2.82 bits per heavy atom. The van der Waals surface area contributed by atoms with E-state index < -0.39 is 0 Å². The van der Waals surface area contributed by atoms with Crippen LogP contribution in [0.5, 0.6) is 5.75 Å². The Labute approximate surface area is 173 Å². The standard InChI is InChI=1S/C21H24BrN3O3/c1-5-25-18(17(22)11-23-25)12-24(4)21(26)19-9-8-16(28-19)13-27-20-10-14(2)6-7-15(20)3/h6-11H,5,12-13H2,1-4H3. The Morgan fingerprint density at radius 1 is 1.29 bits per heavy atom. The van der Waals surface area contributed by atoms with Gasteiger partial charge in [-0.15, -0.1) is 0 Å². The fraction of sp³-hybridized carbons (Fsp3) is 0.333. The molecule has 0 fully saturated rings. The van der Waals surface area contributed by atoms with Crippen LogP contribution in [0.25, 0.3) is 0 Å². The summed E-state index contributed by atoms with van der Waals surface area (Å²) < 4.78 is 14.3. The van der Waals surface area contributed by atoms with Crippen molar-refractivity contribution in [2.24, 2.45) is 0 Å². The molecule has 2 heterocycles. The second-order valence-corrected chi connectivity index (χ2v) is 7.59. The predicted octanol–water partition coefficient (Wildman–Crippen LogP) is 4.73. The number of hydrogen-bond acceptors (Lipinski definition) is 4. The van der Waals surface area contributed by atoms with E-state index in [0.29, 0.717) is 18.1 Å².